The number of phenolic OH excluding ortho intramolecular Hbond substituents is 1. The molecule has 2 saturated heterocycles. The van der Waals surface area contributed by atoms with Gasteiger partial charge >= 0.3 is 5.97 Å². The molecule has 224 valence electrons. The van der Waals surface area contributed by atoms with Crippen LogP contribution in [0.15, 0.2) is 42.0 Å². The summed E-state index contributed by atoms with van der Waals surface area (Å²) in [5.41, 5.74) is 1.45. The van der Waals surface area contributed by atoms with Crippen molar-refractivity contribution in [3.63, 3.8) is 0 Å². The number of carboxylic acids is 1. The van der Waals surface area contributed by atoms with Crippen LogP contribution >= 0.6 is 11.6 Å². The number of carbonyl (C=O) groups is 5. The Kier molecular flexibility index (Phi) is 6.76. The van der Waals surface area contributed by atoms with E-state index in [9.17, 15) is 38.6 Å². The molecule has 2 aliphatic heterocycles. The van der Waals surface area contributed by atoms with Gasteiger partial charge in [-0.15, -0.1) is 0 Å². The van der Waals surface area contributed by atoms with E-state index in [4.69, 9.17) is 11.6 Å². The third-order valence-electron chi connectivity index (χ3n) is 9.92. The number of rotatable bonds is 5. The number of aryl methyl sites for hydroxylation is 2. The smallest absolute Gasteiger partial charge is 0.305 e. The Hall–Kier alpha value is -4.05. The number of fused-ring (bicyclic) bond motifs is 4. The highest BCUT2D eigenvalue weighted by Crippen LogP contribution is 2.63. The van der Waals surface area contributed by atoms with Gasteiger partial charge in [0, 0.05) is 12.5 Å². The predicted octanol–water partition coefficient (Wildman–Crippen LogP) is 4.51. The van der Waals surface area contributed by atoms with E-state index in [2.05, 4.69) is 0 Å². The summed E-state index contributed by atoms with van der Waals surface area (Å²) < 4.78 is 14.0. The minimum Gasteiger partial charge on any atom is -0.507 e. The Morgan fingerprint density at radius 2 is 1.72 bits per heavy atom. The van der Waals surface area contributed by atoms with Gasteiger partial charge in [-0.3, -0.25) is 28.9 Å². The van der Waals surface area contributed by atoms with Crippen molar-refractivity contribution in [1.29, 1.82) is 0 Å². The van der Waals surface area contributed by atoms with Crippen LogP contribution in [0.4, 0.5) is 10.1 Å². The van der Waals surface area contributed by atoms with Crippen molar-refractivity contribution >= 4 is 46.9 Å². The number of hydrogen-bond acceptors (Lipinski definition) is 6. The molecule has 2 aromatic carbocycles. The number of aromatic hydroxyl groups is 1. The van der Waals surface area contributed by atoms with Gasteiger partial charge in [-0.1, -0.05) is 35.4 Å². The fourth-order valence-corrected chi connectivity index (χ4v) is 8.09. The molecule has 1 saturated carbocycles. The molecule has 11 heteroatoms. The van der Waals surface area contributed by atoms with E-state index in [0.29, 0.717) is 16.7 Å². The quantitative estimate of drug-likeness (QED) is 0.377. The third kappa shape index (κ3) is 4.13. The average Bonchev–Trinajstić information content (AvgIpc) is 3.31. The van der Waals surface area contributed by atoms with Gasteiger partial charge in [-0.05, 0) is 74.4 Å². The average molecular weight is 609 g/mol. The lowest BCUT2D eigenvalue weighted by Crippen LogP contribution is -2.49. The molecule has 2 N–H and O–H groups in total. The minimum atomic E-state index is -1.31. The highest BCUT2D eigenvalue weighted by molar-refractivity contribution is 6.31. The van der Waals surface area contributed by atoms with Gasteiger partial charge in [0.15, 0.2) is 0 Å². The number of amides is 4. The van der Waals surface area contributed by atoms with E-state index < -0.39 is 70.4 Å². The Balaban J connectivity index is 1.50. The number of aliphatic carboxylic acids is 1. The molecule has 2 aliphatic carbocycles. The second-order valence-electron chi connectivity index (χ2n) is 12.2. The lowest BCUT2D eigenvalue weighted by Gasteiger charge is -2.49. The van der Waals surface area contributed by atoms with Crippen LogP contribution in [-0.4, -0.2) is 51.3 Å². The van der Waals surface area contributed by atoms with Gasteiger partial charge < -0.3 is 10.2 Å². The van der Waals surface area contributed by atoms with Crippen LogP contribution in [0.3, 0.4) is 0 Å². The maximum absolute atomic E-state index is 14.4. The molecular formula is C32H30ClFN2O7. The molecule has 9 nitrogen and oxygen atoms in total. The summed E-state index contributed by atoms with van der Waals surface area (Å²) in [6.45, 7) is 4.98. The molecule has 0 aromatic heterocycles. The lowest BCUT2D eigenvalue weighted by atomic mass is 9.51. The Morgan fingerprint density at radius 3 is 2.35 bits per heavy atom. The van der Waals surface area contributed by atoms with Crippen molar-refractivity contribution in [2.24, 2.45) is 29.1 Å². The summed E-state index contributed by atoms with van der Waals surface area (Å²) in [4.78, 5) is 68.9. The normalized spacial score (nSPS) is 29.9. The van der Waals surface area contributed by atoms with Crippen LogP contribution < -0.4 is 4.90 Å². The molecular weight excluding hydrogens is 579 g/mol. The number of phenols is 1. The molecule has 6 unspecified atom stereocenters. The van der Waals surface area contributed by atoms with E-state index in [1.165, 1.54) is 12.1 Å². The molecule has 4 amide bonds. The van der Waals surface area contributed by atoms with Crippen LogP contribution in [0, 0.1) is 48.8 Å². The first-order chi connectivity index (χ1) is 20.3. The van der Waals surface area contributed by atoms with Crippen LogP contribution in [0.1, 0.15) is 48.8 Å². The summed E-state index contributed by atoms with van der Waals surface area (Å²) in [5, 5.41) is 19.5. The molecule has 0 spiro atoms. The van der Waals surface area contributed by atoms with Crippen LogP contribution in [0.2, 0.25) is 5.02 Å². The van der Waals surface area contributed by atoms with Crippen LogP contribution in [-0.2, 0) is 24.0 Å². The van der Waals surface area contributed by atoms with E-state index in [-0.39, 0.29) is 42.3 Å². The number of nitrogens with zero attached hydrogens (tertiary/aromatic N) is 2. The number of halogens is 2. The van der Waals surface area contributed by atoms with Crippen LogP contribution in [0.5, 0.6) is 5.75 Å². The van der Waals surface area contributed by atoms with Crippen molar-refractivity contribution < 1.29 is 38.6 Å². The maximum atomic E-state index is 14.4. The van der Waals surface area contributed by atoms with Crippen molar-refractivity contribution in [3.05, 3.63) is 69.5 Å². The number of likely N-dealkylation sites (tertiary alicyclic amines) is 1. The zero-order chi connectivity index (χ0) is 31.1. The van der Waals surface area contributed by atoms with Gasteiger partial charge in [0.1, 0.15) is 11.6 Å². The molecule has 3 fully saturated rings. The molecule has 4 aliphatic rings. The topological polar surface area (TPSA) is 132 Å². The lowest BCUT2D eigenvalue weighted by molar-refractivity contribution is -0.142. The number of carboxylic acid groups (broad SMARTS) is 1. The SMILES string of the molecule is Cc1cc(C2C3=CCC4C(=O)N(CCC(=O)O)C(=O)C4C3CC3C(=O)N(c4ccc(F)c(Cl)c4)C(=O)C32C)cc(C)c1O. The summed E-state index contributed by atoms with van der Waals surface area (Å²) in [6, 6.07) is 7.21. The van der Waals surface area contributed by atoms with Gasteiger partial charge in [-0.2, -0.15) is 0 Å². The number of hydrogen-bond donors (Lipinski definition) is 2. The van der Waals surface area contributed by atoms with E-state index >= 15 is 0 Å². The highest BCUT2D eigenvalue weighted by Gasteiger charge is 2.67. The zero-order valence-corrected chi connectivity index (χ0v) is 24.5. The molecule has 2 aromatic rings. The largest absolute Gasteiger partial charge is 0.507 e. The van der Waals surface area contributed by atoms with Crippen LogP contribution in [0.25, 0.3) is 0 Å². The van der Waals surface area contributed by atoms with Crippen molar-refractivity contribution in [2.75, 3.05) is 11.4 Å². The van der Waals surface area contributed by atoms with Crippen molar-refractivity contribution in [1.82, 2.24) is 4.90 Å². The second-order valence-corrected chi connectivity index (χ2v) is 12.6. The first kappa shape index (κ1) is 29.0. The Morgan fingerprint density at radius 1 is 1.05 bits per heavy atom. The Bertz CT molecular complexity index is 1650. The fourth-order valence-electron chi connectivity index (χ4n) is 7.91. The molecule has 0 radical (unpaired) electrons. The number of benzene rings is 2. The van der Waals surface area contributed by atoms with E-state index in [0.717, 1.165) is 21.4 Å². The van der Waals surface area contributed by atoms with Gasteiger partial charge in [0.25, 0.3) is 0 Å². The highest BCUT2D eigenvalue weighted by atomic mass is 35.5. The predicted molar refractivity (Wildman–Crippen MR) is 153 cm³/mol. The molecule has 43 heavy (non-hydrogen) atoms. The maximum Gasteiger partial charge on any atom is 0.305 e. The number of anilines is 1. The number of allylic oxidation sites excluding steroid dienone is 2. The van der Waals surface area contributed by atoms with Gasteiger partial charge in [0.2, 0.25) is 23.6 Å². The van der Waals surface area contributed by atoms with Crippen molar-refractivity contribution in [2.45, 2.75) is 46.0 Å². The van der Waals surface area contributed by atoms with Crippen molar-refractivity contribution in [3.8, 4) is 5.75 Å². The molecule has 2 heterocycles. The van der Waals surface area contributed by atoms with E-state index in [1.54, 1.807) is 32.9 Å². The number of imide groups is 2. The van der Waals surface area contributed by atoms with Gasteiger partial charge in [-0.25, -0.2) is 9.29 Å². The fraction of sp³-hybridized carbons (Fsp3) is 0.406. The molecule has 0 bridgehead atoms. The standard InChI is InChI=1S/C32H30ClFN2O7/c1-14-10-16(11-15(2)27(14)39)26-18-5-6-19-25(30(42)35(28(19)40)9-8-24(37)38)20(18)13-21-29(41)36(31(43)32(21,26)3)17-4-7-23(34)22(33)12-17/h4-5,7,10-12,19-21,25-26,39H,6,8-9,13H2,1-3H3,(H,37,38). The summed E-state index contributed by atoms with van der Waals surface area (Å²) >= 11 is 6.03. The summed E-state index contributed by atoms with van der Waals surface area (Å²) in [5.74, 6) is -7.22. The van der Waals surface area contributed by atoms with Gasteiger partial charge in [0.05, 0.1) is 40.3 Å². The minimum absolute atomic E-state index is 0.109. The monoisotopic (exact) mass is 608 g/mol. The second kappa shape index (κ2) is 10.0. The summed E-state index contributed by atoms with van der Waals surface area (Å²) in [7, 11) is 0. The molecule has 6 rings (SSSR count). The third-order valence-corrected chi connectivity index (χ3v) is 10.2. The molecule has 6 atom stereocenters. The summed E-state index contributed by atoms with van der Waals surface area (Å²) in [6.07, 6.45) is 1.88. The first-order valence-corrected chi connectivity index (χ1v) is 14.6. The number of carbonyl (C=O) groups excluding carboxylic acids is 4. The van der Waals surface area contributed by atoms with E-state index in [1.807, 2.05) is 6.08 Å². The first-order valence-electron chi connectivity index (χ1n) is 14.2. The Labute approximate surface area is 251 Å². The zero-order valence-electron chi connectivity index (χ0n) is 23.8.